The van der Waals surface area contributed by atoms with Crippen LogP contribution >= 0.6 is 0 Å². The van der Waals surface area contributed by atoms with Crippen LogP contribution in [0.4, 0.5) is 0 Å². The van der Waals surface area contributed by atoms with Crippen molar-refractivity contribution in [3.05, 3.63) is 122 Å². The van der Waals surface area contributed by atoms with E-state index in [2.05, 4.69) is 50.9 Å². The van der Waals surface area contributed by atoms with E-state index in [-0.39, 0.29) is 0 Å². The van der Waals surface area contributed by atoms with Crippen LogP contribution in [0.25, 0.3) is 62.1 Å². The van der Waals surface area contributed by atoms with E-state index in [0.29, 0.717) is 17.5 Å². The fourth-order valence-corrected chi connectivity index (χ4v) is 4.47. The zero-order valence-corrected chi connectivity index (χ0v) is 19.7. The first-order valence-electron chi connectivity index (χ1n) is 12.0. The van der Waals surface area contributed by atoms with Crippen LogP contribution in [-0.4, -0.2) is 29.3 Å². The second-order valence-electron chi connectivity index (χ2n) is 8.72. The van der Waals surface area contributed by atoms with Crippen LogP contribution in [0.2, 0.25) is 0 Å². The summed E-state index contributed by atoms with van der Waals surface area (Å²) in [4.78, 5) is 23.4. The van der Waals surface area contributed by atoms with Gasteiger partial charge in [-0.2, -0.15) is 0 Å². The largest absolute Gasteiger partial charge is 0.297 e. The van der Waals surface area contributed by atoms with Gasteiger partial charge < -0.3 is 0 Å². The number of pyridine rings is 2. The Hall–Kier alpha value is -5.23. The molecular weight excluding hydrogens is 456 g/mol. The van der Waals surface area contributed by atoms with E-state index in [1.165, 1.54) is 0 Å². The predicted molar refractivity (Wildman–Crippen MR) is 146 cm³/mol. The molecule has 0 aliphatic rings. The van der Waals surface area contributed by atoms with Gasteiger partial charge in [-0.3, -0.25) is 4.40 Å². The van der Waals surface area contributed by atoms with Crippen molar-refractivity contribution < 1.29 is 0 Å². The van der Waals surface area contributed by atoms with Gasteiger partial charge in [-0.1, -0.05) is 84.9 Å². The van der Waals surface area contributed by atoms with Gasteiger partial charge in [-0.25, -0.2) is 24.9 Å². The van der Waals surface area contributed by atoms with Gasteiger partial charge in [0.25, 0.3) is 0 Å². The lowest BCUT2D eigenvalue weighted by Gasteiger charge is -2.09. The van der Waals surface area contributed by atoms with Gasteiger partial charge in [0.1, 0.15) is 5.65 Å². The first kappa shape index (κ1) is 21.1. The first-order chi connectivity index (χ1) is 18.3. The number of hydrogen-bond donors (Lipinski definition) is 0. The van der Waals surface area contributed by atoms with E-state index in [0.717, 1.165) is 44.6 Å². The fourth-order valence-electron chi connectivity index (χ4n) is 4.47. The maximum Gasteiger partial charge on any atom is 0.178 e. The molecule has 0 unspecified atom stereocenters. The molecule has 0 aliphatic carbocycles. The van der Waals surface area contributed by atoms with Gasteiger partial charge in [0.2, 0.25) is 0 Å². The Morgan fingerprint density at radius 3 is 1.59 bits per heavy atom. The number of imidazole rings is 1. The Kier molecular flexibility index (Phi) is 5.00. The molecule has 3 aromatic carbocycles. The third-order valence-corrected chi connectivity index (χ3v) is 6.35. The van der Waals surface area contributed by atoms with Crippen LogP contribution in [0.3, 0.4) is 0 Å². The van der Waals surface area contributed by atoms with E-state index in [1.807, 2.05) is 78.9 Å². The fraction of sp³-hybridized carbons (Fsp3) is 0. The summed E-state index contributed by atoms with van der Waals surface area (Å²) in [5.74, 6) is 1.94. The molecule has 0 radical (unpaired) electrons. The summed E-state index contributed by atoms with van der Waals surface area (Å²) >= 11 is 0. The van der Waals surface area contributed by atoms with Crippen molar-refractivity contribution in [1.82, 2.24) is 29.3 Å². The molecule has 4 aromatic heterocycles. The number of fused-ring (bicyclic) bond motifs is 3. The quantitative estimate of drug-likeness (QED) is 0.282. The summed E-state index contributed by atoms with van der Waals surface area (Å²) in [6.07, 6.45) is 3.87. The highest BCUT2D eigenvalue weighted by Gasteiger charge is 2.13. The van der Waals surface area contributed by atoms with E-state index < -0.39 is 0 Å². The number of hydrogen-bond acceptors (Lipinski definition) is 5. The second-order valence-corrected chi connectivity index (χ2v) is 8.72. The van der Waals surface area contributed by atoms with Gasteiger partial charge in [0, 0.05) is 29.1 Å². The summed E-state index contributed by atoms with van der Waals surface area (Å²) in [5.41, 5.74) is 7.63. The molecular formula is C31H20N6. The number of rotatable bonds is 4. The van der Waals surface area contributed by atoms with Gasteiger partial charge in [-0.05, 0) is 35.4 Å². The molecule has 0 fully saturated rings. The van der Waals surface area contributed by atoms with Crippen molar-refractivity contribution in [3.8, 4) is 45.3 Å². The average Bonchev–Trinajstić information content (AvgIpc) is 3.36. The summed E-state index contributed by atoms with van der Waals surface area (Å²) in [6, 6.07) is 36.4. The molecule has 0 spiro atoms. The van der Waals surface area contributed by atoms with Gasteiger partial charge in [0.15, 0.2) is 23.1 Å². The SMILES string of the molecule is c1ccc(-c2nc(-c3ccccc3)nc(-c3ccc(-c4ccc5nc6ncccc6n5c4)cc3)n2)cc1. The van der Waals surface area contributed by atoms with Crippen molar-refractivity contribution >= 4 is 16.8 Å². The molecule has 0 atom stereocenters. The summed E-state index contributed by atoms with van der Waals surface area (Å²) in [6.45, 7) is 0. The maximum absolute atomic E-state index is 4.83. The second kappa shape index (κ2) is 8.77. The number of benzene rings is 3. The van der Waals surface area contributed by atoms with Crippen molar-refractivity contribution in [3.63, 3.8) is 0 Å². The van der Waals surface area contributed by atoms with E-state index in [9.17, 15) is 0 Å². The highest BCUT2D eigenvalue weighted by molar-refractivity contribution is 5.79. The Bertz CT molecular complexity index is 1800. The number of aromatic nitrogens is 6. The molecule has 7 rings (SSSR count). The highest BCUT2D eigenvalue weighted by Crippen LogP contribution is 2.28. The van der Waals surface area contributed by atoms with Crippen LogP contribution in [0.5, 0.6) is 0 Å². The van der Waals surface area contributed by atoms with E-state index in [4.69, 9.17) is 15.0 Å². The summed E-state index contributed by atoms with van der Waals surface area (Å²) in [7, 11) is 0. The minimum atomic E-state index is 0.640. The van der Waals surface area contributed by atoms with Gasteiger partial charge in [-0.15, -0.1) is 0 Å². The Morgan fingerprint density at radius 1 is 0.432 bits per heavy atom. The third-order valence-electron chi connectivity index (χ3n) is 6.35. The van der Waals surface area contributed by atoms with Crippen LogP contribution < -0.4 is 0 Å². The van der Waals surface area contributed by atoms with Crippen molar-refractivity contribution in [2.45, 2.75) is 0 Å². The maximum atomic E-state index is 4.83. The molecule has 0 amide bonds. The molecule has 0 aliphatic heterocycles. The minimum absolute atomic E-state index is 0.640. The van der Waals surface area contributed by atoms with Crippen molar-refractivity contribution in [1.29, 1.82) is 0 Å². The van der Waals surface area contributed by atoms with Crippen molar-refractivity contribution in [2.24, 2.45) is 0 Å². The highest BCUT2D eigenvalue weighted by atomic mass is 15.0. The molecule has 37 heavy (non-hydrogen) atoms. The van der Waals surface area contributed by atoms with Crippen LogP contribution in [0.15, 0.2) is 122 Å². The molecule has 0 saturated carbocycles. The molecule has 7 aromatic rings. The van der Waals surface area contributed by atoms with Crippen molar-refractivity contribution in [2.75, 3.05) is 0 Å². The lowest BCUT2D eigenvalue weighted by Crippen LogP contribution is -2.00. The standard InChI is InChI=1S/C31H20N6/c1-3-8-22(9-4-1)28-34-29(23-10-5-2-6-11-23)36-30(35-28)24-15-13-21(14-16-24)25-17-18-27-33-31-26(37(27)20-25)12-7-19-32-31/h1-20H. The van der Waals surface area contributed by atoms with Gasteiger partial charge >= 0.3 is 0 Å². The minimum Gasteiger partial charge on any atom is -0.297 e. The third kappa shape index (κ3) is 3.90. The molecule has 6 heteroatoms. The monoisotopic (exact) mass is 476 g/mol. The lowest BCUT2D eigenvalue weighted by molar-refractivity contribution is 1.07. The normalized spacial score (nSPS) is 11.2. The average molecular weight is 477 g/mol. The smallest absolute Gasteiger partial charge is 0.178 e. The van der Waals surface area contributed by atoms with Crippen LogP contribution in [0, 0.1) is 0 Å². The summed E-state index contributed by atoms with van der Waals surface area (Å²) in [5, 5.41) is 0. The lowest BCUT2D eigenvalue weighted by atomic mass is 10.1. The molecule has 0 N–H and O–H groups in total. The molecule has 0 saturated heterocycles. The van der Waals surface area contributed by atoms with Crippen LogP contribution in [0.1, 0.15) is 0 Å². The zero-order valence-electron chi connectivity index (χ0n) is 19.7. The van der Waals surface area contributed by atoms with Crippen LogP contribution in [-0.2, 0) is 0 Å². The van der Waals surface area contributed by atoms with Gasteiger partial charge in [0.05, 0.1) is 5.52 Å². The Morgan fingerprint density at radius 2 is 0.973 bits per heavy atom. The van der Waals surface area contributed by atoms with E-state index >= 15 is 0 Å². The van der Waals surface area contributed by atoms with E-state index in [1.54, 1.807) is 6.20 Å². The molecule has 6 nitrogen and oxygen atoms in total. The predicted octanol–water partition coefficient (Wildman–Crippen LogP) is 6.74. The molecule has 0 bridgehead atoms. The molecule has 174 valence electrons. The Balaban J connectivity index is 1.30. The Labute approximate surface area is 213 Å². The first-order valence-corrected chi connectivity index (χ1v) is 12.0. The number of nitrogens with zero attached hydrogens (tertiary/aromatic N) is 6. The molecule has 4 heterocycles. The zero-order chi connectivity index (χ0) is 24.6. The topological polar surface area (TPSA) is 68.9 Å². The summed E-state index contributed by atoms with van der Waals surface area (Å²) < 4.78 is 2.08.